The van der Waals surface area contributed by atoms with Crippen LogP contribution in [0, 0.1) is 17.7 Å². The number of piperidine rings is 1. The zero-order valence-corrected chi connectivity index (χ0v) is 20.0. The van der Waals surface area contributed by atoms with Gasteiger partial charge in [-0.1, -0.05) is 11.6 Å². The van der Waals surface area contributed by atoms with Gasteiger partial charge in [0, 0.05) is 31.3 Å². The maximum atomic E-state index is 13.5. The summed E-state index contributed by atoms with van der Waals surface area (Å²) in [6, 6.07) is 6.78. The van der Waals surface area contributed by atoms with Gasteiger partial charge < -0.3 is 19.7 Å². The summed E-state index contributed by atoms with van der Waals surface area (Å²) in [5.41, 5.74) is 1.03. The molecule has 9 nitrogen and oxygen atoms in total. The lowest BCUT2D eigenvalue weighted by Crippen LogP contribution is -2.48. The SMILES string of the molecule is COc1cc(N2C[C@H]3CC[C@@H](C2)C3Nc2nc(Oc3ccc(F)c(Cl)c3)n(C(C)C)n2)cnn1. The van der Waals surface area contributed by atoms with Crippen LogP contribution in [-0.4, -0.2) is 51.2 Å². The second kappa shape index (κ2) is 9.25. The van der Waals surface area contributed by atoms with Crippen molar-refractivity contribution in [2.45, 2.75) is 38.8 Å². The van der Waals surface area contributed by atoms with Crippen LogP contribution < -0.4 is 19.7 Å². The van der Waals surface area contributed by atoms with Gasteiger partial charge in [0.1, 0.15) is 11.6 Å². The number of halogens is 2. The number of aromatic nitrogens is 5. The highest BCUT2D eigenvalue weighted by molar-refractivity contribution is 6.30. The monoisotopic (exact) mass is 487 g/mol. The first-order valence-electron chi connectivity index (χ1n) is 11.4. The zero-order chi connectivity index (χ0) is 23.8. The highest BCUT2D eigenvalue weighted by atomic mass is 35.5. The molecule has 0 amide bonds. The molecular weight excluding hydrogens is 461 g/mol. The minimum atomic E-state index is -0.496. The van der Waals surface area contributed by atoms with Crippen molar-refractivity contribution in [1.29, 1.82) is 0 Å². The summed E-state index contributed by atoms with van der Waals surface area (Å²) in [6.07, 6.45) is 4.06. The van der Waals surface area contributed by atoms with Gasteiger partial charge in [0.25, 0.3) is 0 Å². The maximum absolute atomic E-state index is 13.5. The Bertz CT molecular complexity index is 1160. The first-order chi connectivity index (χ1) is 16.4. The van der Waals surface area contributed by atoms with E-state index in [1.165, 1.54) is 18.2 Å². The smallest absolute Gasteiger partial charge is 0.322 e. The van der Waals surface area contributed by atoms with Crippen molar-refractivity contribution in [2.75, 3.05) is 30.4 Å². The van der Waals surface area contributed by atoms with Gasteiger partial charge in [-0.3, -0.25) is 0 Å². The molecule has 11 heteroatoms. The fraction of sp³-hybridized carbons (Fsp3) is 0.478. The molecule has 1 unspecified atom stereocenters. The van der Waals surface area contributed by atoms with E-state index in [0.717, 1.165) is 31.6 Å². The molecule has 0 spiro atoms. The summed E-state index contributed by atoms with van der Waals surface area (Å²) in [7, 11) is 1.60. The molecule has 1 aliphatic carbocycles. The van der Waals surface area contributed by atoms with E-state index in [-0.39, 0.29) is 17.1 Å². The van der Waals surface area contributed by atoms with Crippen LogP contribution in [0.3, 0.4) is 0 Å². The van der Waals surface area contributed by atoms with Crippen molar-refractivity contribution < 1.29 is 13.9 Å². The number of fused-ring (bicyclic) bond motifs is 2. The summed E-state index contributed by atoms with van der Waals surface area (Å²) >= 11 is 5.90. The third-order valence-electron chi connectivity index (χ3n) is 6.51. The van der Waals surface area contributed by atoms with Crippen LogP contribution in [-0.2, 0) is 0 Å². The first-order valence-corrected chi connectivity index (χ1v) is 11.8. The standard InChI is InChI=1S/C23H27ClFN7O2/c1-13(2)32-23(34-17-6-7-19(25)18(24)9-17)28-22(30-32)27-21-14-4-5-15(21)12-31(11-14)16-8-20(33-3)29-26-10-16/h6-10,13-15,21H,4-5,11-12H2,1-3H3,(H,27,30)/t14-,15+,21?. The average molecular weight is 488 g/mol. The minimum Gasteiger partial charge on any atom is -0.480 e. The summed E-state index contributed by atoms with van der Waals surface area (Å²) in [4.78, 5) is 6.95. The molecule has 1 saturated heterocycles. The van der Waals surface area contributed by atoms with E-state index in [4.69, 9.17) is 21.1 Å². The Labute approximate surface area is 202 Å². The first kappa shape index (κ1) is 22.6. The molecule has 2 aliphatic rings. The highest BCUT2D eigenvalue weighted by Crippen LogP contribution is 2.40. The Morgan fingerprint density at radius 1 is 1.18 bits per heavy atom. The second-order valence-corrected chi connectivity index (χ2v) is 9.47. The number of methoxy groups -OCH3 is 1. The molecule has 2 bridgehead atoms. The summed E-state index contributed by atoms with van der Waals surface area (Å²) in [6.45, 7) is 5.82. The van der Waals surface area contributed by atoms with Crippen molar-refractivity contribution in [3.05, 3.63) is 41.3 Å². The Morgan fingerprint density at radius 2 is 1.94 bits per heavy atom. The van der Waals surface area contributed by atoms with Crippen molar-refractivity contribution in [1.82, 2.24) is 25.0 Å². The van der Waals surface area contributed by atoms with E-state index < -0.39 is 5.82 Å². The summed E-state index contributed by atoms with van der Waals surface area (Å²) in [5, 5.41) is 16.3. The van der Waals surface area contributed by atoms with Crippen molar-refractivity contribution in [2.24, 2.45) is 11.8 Å². The molecule has 3 heterocycles. The van der Waals surface area contributed by atoms with Gasteiger partial charge in [-0.25, -0.2) is 9.07 Å². The van der Waals surface area contributed by atoms with E-state index in [0.29, 0.717) is 35.4 Å². The Morgan fingerprint density at radius 3 is 2.62 bits per heavy atom. The van der Waals surface area contributed by atoms with Gasteiger partial charge in [0.05, 0.1) is 30.1 Å². The molecule has 1 saturated carbocycles. The predicted octanol–water partition coefficient (Wildman–Crippen LogP) is 4.57. The Hall–Kier alpha value is -3.14. The molecule has 3 atom stereocenters. The van der Waals surface area contributed by atoms with Gasteiger partial charge in [-0.15, -0.1) is 10.2 Å². The third kappa shape index (κ3) is 4.46. The third-order valence-corrected chi connectivity index (χ3v) is 6.80. The normalized spacial score (nSPS) is 21.7. The minimum absolute atomic E-state index is 0.00295. The molecule has 1 aromatic carbocycles. The molecule has 3 aromatic rings. The van der Waals surface area contributed by atoms with Gasteiger partial charge in [0.2, 0.25) is 11.8 Å². The van der Waals surface area contributed by atoms with E-state index in [1.807, 2.05) is 19.9 Å². The zero-order valence-electron chi connectivity index (χ0n) is 19.3. The van der Waals surface area contributed by atoms with E-state index in [9.17, 15) is 4.39 Å². The van der Waals surface area contributed by atoms with Crippen molar-refractivity contribution in [3.8, 4) is 17.6 Å². The Kier molecular flexibility index (Phi) is 6.16. The molecular formula is C23H27ClFN7O2. The van der Waals surface area contributed by atoms with E-state index in [1.54, 1.807) is 18.0 Å². The number of benzene rings is 1. The average Bonchev–Trinajstić information content (AvgIpc) is 3.32. The number of rotatable bonds is 7. The van der Waals surface area contributed by atoms with Crippen LogP contribution in [0.5, 0.6) is 17.6 Å². The quantitative estimate of drug-likeness (QED) is 0.518. The molecule has 34 heavy (non-hydrogen) atoms. The lowest BCUT2D eigenvalue weighted by Gasteiger charge is -2.39. The summed E-state index contributed by atoms with van der Waals surface area (Å²) < 4.78 is 26.4. The molecule has 5 rings (SSSR count). The molecule has 1 N–H and O–H groups in total. The van der Waals surface area contributed by atoms with Gasteiger partial charge in [0.15, 0.2) is 0 Å². The predicted molar refractivity (Wildman–Crippen MR) is 126 cm³/mol. The van der Waals surface area contributed by atoms with Crippen LogP contribution in [0.1, 0.15) is 32.7 Å². The van der Waals surface area contributed by atoms with Crippen LogP contribution in [0.15, 0.2) is 30.5 Å². The van der Waals surface area contributed by atoms with Crippen LogP contribution >= 0.6 is 11.6 Å². The van der Waals surface area contributed by atoms with E-state index in [2.05, 4.69) is 30.5 Å². The number of hydrogen-bond acceptors (Lipinski definition) is 8. The number of nitrogens with zero attached hydrogens (tertiary/aromatic N) is 6. The number of ether oxygens (including phenoxy) is 2. The van der Waals surface area contributed by atoms with Crippen LogP contribution in [0.4, 0.5) is 16.0 Å². The van der Waals surface area contributed by atoms with E-state index >= 15 is 0 Å². The molecule has 180 valence electrons. The topological polar surface area (TPSA) is 90.2 Å². The second-order valence-electron chi connectivity index (χ2n) is 9.06. The fourth-order valence-electron chi connectivity index (χ4n) is 4.85. The molecule has 0 radical (unpaired) electrons. The maximum Gasteiger partial charge on any atom is 0.322 e. The van der Waals surface area contributed by atoms with Gasteiger partial charge in [-0.2, -0.15) is 10.1 Å². The molecule has 2 fully saturated rings. The van der Waals surface area contributed by atoms with Crippen LogP contribution in [0.2, 0.25) is 5.02 Å². The van der Waals surface area contributed by atoms with Gasteiger partial charge >= 0.3 is 6.01 Å². The number of nitrogens with one attached hydrogen (secondary N) is 1. The number of anilines is 2. The van der Waals surface area contributed by atoms with Crippen molar-refractivity contribution >= 4 is 23.2 Å². The lowest BCUT2D eigenvalue weighted by atomic mass is 9.92. The largest absolute Gasteiger partial charge is 0.480 e. The van der Waals surface area contributed by atoms with Crippen LogP contribution in [0.25, 0.3) is 0 Å². The highest BCUT2D eigenvalue weighted by Gasteiger charge is 2.43. The fourth-order valence-corrected chi connectivity index (χ4v) is 5.02. The number of hydrogen-bond donors (Lipinski definition) is 1. The molecule has 2 aromatic heterocycles. The van der Waals surface area contributed by atoms with Crippen molar-refractivity contribution in [3.63, 3.8) is 0 Å². The lowest BCUT2D eigenvalue weighted by molar-refractivity contribution is 0.372. The van der Waals surface area contributed by atoms with Gasteiger partial charge in [-0.05, 0) is 50.7 Å². The summed E-state index contributed by atoms with van der Waals surface area (Å²) in [5.74, 6) is 1.85. The molecule has 1 aliphatic heterocycles. The Balaban J connectivity index is 1.32.